The third-order valence-corrected chi connectivity index (χ3v) is 17.1. The molecule has 1 heterocycles. The van der Waals surface area contributed by atoms with Gasteiger partial charge in [0, 0.05) is 35.9 Å². The van der Waals surface area contributed by atoms with Crippen LogP contribution in [0.15, 0.2) is 68.8 Å². The van der Waals surface area contributed by atoms with Gasteiger partial charge in [0.1, 0.15) is 6.61 Å². The third kappa shape index (κ3) is 24.5. The number of benzene rings is 3. The molecule has 468 valence electrons. The first-order chi connectivity index (χ1) is 40.1. The number of unbranched alkanes of at least 4 members (excludes halogenated alkanes) is 23. The molecule has 84 heavy (non-hydrogen) atoms. The summed E-state index contributed by atoms with van der Waals surface area (Å²) in [4.78, 5) is 61.1. The monoisotopic (exact) mass is 1230 g/mol. The molecule has 0 saturated carbocycles. The molecular formula is C60H88N3O18PS2. The topological polar surface area (TPSA) is 347 Å². The van der Waals surface area contributed by atoms with Crippen LogP contribution in [0.5, 0.6) is 0 Å². The molecule has 24 heteroatoms. The van der Waals surface area contributed by atoms with Gasteiger partial charge in [-0.1, -0.05) is 167 Å². The summed E-state index contributed by atoms with van der Waals surface area (Å²) in [5, 5.41) is 20.2. The molecule has 0 aromatic heterocycles. The molecule has 2 atom stereocenters. The van der Waals surface area contributed by atoms with Crippen LogP contribution in [-0.2, 0) is 52.9 Å². The van der Waals surface area contributed by atoms with Gasteiger partial charge in [-0.2, -0.15) is 16.8 Å². The Labute approximate surface area is 494 Å². The molecule has 1 unspecified atom stereocenters. The molecule has 1 amide bonds. The lowest BCUT2D eigenvalue weighted by Crippen LogP contribution is -2.30. The lowest BCUT2D eigenvalue weighted by molar-refractivity contribution is -0.161. The van der Waals surface area contributed by atoms with Crippen LogP contribution in [-0.4, -0.2) is 92.2 Å². The zero-order valence-corrected chi connectivity index (χ0v) is 51.3. The third-order valence-electron chi connectivity index (χ3n) is 14.2. The number of fused-ring (bicyclic) bond motifs is 2. The molecule has 4 rings (SSSR count). The van der Waals surface area contributed by atoms with Crippen LogP contribution >= 0.6 is 7.82 Å². The largest absolute Gasteiger partial charge is 0.478 e. The van der Waals surface area contributed by atoms with Gasteiger partial charge in [0.15, 0.2) is 27.2 Å². The Kier molecular flexibility index (Phi) is 31.4. The fourth-order valence-electron chi connectivity index (χ4n) is 9.86. The van der Waals surface area contributed by atoms with E-state index in [1.165, 1.54) is 108 Å². The second-order valence-corrected chi connectivity index (χ2v) is 25.3. The quantitative estimate of drug-likeness (QED) is 0.00411. The number of carboxylic acid groups (broad SMARTS) is 1. The molecule has 1 aliphatic carbocycles. The average molecular weight is 1230 g/mol. The molecule has 2 aromatic rings. The smallest absolute Gasteiger partial charge is 0.472 e. The zero-order chi connectivity index (χ0) is 61.5. The molecular weight excluding hydrogens is 1150 g/mol. The van der Waals surface area contributed by atoms with E-state index in [9.17, 15) is 59.7 Å². The van der Waals surface area contributed by atoms with Crippen molar-refractivity contribution in [2.75, 3.05) is 32.1 Å². The van der Waals surface area contributed by atoms with Crippen molar-refractivity contribution in [3.8, 4) is 22.5 Å². The summed E-state index contributed by atoms with van der Waals surface area (Å²) < 4.78 is 111. The highest BCUT2D eigenvalue weighted by atomic mass is 32.2. The van der Waals surface area contributed by atoms with E-state index in [0.29, 0.717) is 12.8 Å². The van der Waals surface area contributed by atoms with E-state index in [4.69, 9.17) is 34.1 Å². The Balaban J connectivity index is 1.37. The molecule has 21 nitrogen and oxygen atoms in total. The summed E-state index contributed by atoms with van der Waals surface area (Å²) in [6, 6.07) is 7.87. The van der Waals surface area contributed by atoms with Crippen LogP contribution in [0.3, 0.4) is 0 Å². The van der Waals surface area contributed by atoms with E-state index in [1.54, 1.807) is 0 Å². The van der Waals surface area contributed by atoms with Gasteiger partial charge >= 0.3 is 25.7 Å². The highest BCUT2D eigenvalue weighted by molar-refractivity contribution is 7.86. The molecule has 8 N–H and O–H groups in total. The number of nitrogens with two attached hydrogens (primary N) is 1. The number of rotatable bonds is 44. The summed E-state index contributed by atoms with van der Waals surface area (Å²) in [6.07, 6.45) is 32.2. The number of allylic oxidation sites excluding steroid dienone is 2. The van der Waals surface area contributed by atoms with Crippen LogP contribution in [0, 0.1) is 5.41 Å². The number of hydrogen-bond donors (Lipinski definition) is 7. The maximum absolute atomic E-state index is 13.8. The van der Waals surface area contributed by atoms with Crippen LogP contribution in [0.2, 0.25) is 0 Å². The van der Waals surface area contributed by atoms with Gasteiger partial charge < -0.3 is 34.9 Å². The van der Waals surface area contributed by atoms with Gasteiger partial charge in [-0.05, 0) is 74.4 Å². The summed E-state index contributed by atoms with van der Waals surface area (Å²) in [7, 11) is -15.5. The van der Waals surface area contributed by atoms with Crippen LogP contribution in [0.1, 0.15) is 214 Å². The lowest BCUT2D eigenvalue weighted by atomic mass is 9.88. The summed E-state index contributed by atoms with van der Waals surface area (Å²) >= 11 is 0. The number of carboxylic acids is 1. The van der Waals surface area contributed by atoms with Crippen molar-refractivity contribution in [3.05, 3.63) is 71.1 Å². The minimum Gasteiger partial charge on any atom is -0.478 e. The molecule has 2 aliphatic rings. The number of ether oxygens (including phenoxy) is 2. The summed E-state index contributed by atoms with van der Waals surface area (Å²) in [6.45, 7) is 2.07. The Morgan fingerprint density at radius 1 is 0.667 bits per heavy atom. The van der Waals surface area contributed by atoms with Crippen molar-refractivity contribution in [3.63, 3.8) is 0 Å². The number of carbonyl (C=O) groups excluding carboxylic acids is 3. The first-order valence-electron chi connectivity index (χ1n) is 29.7. The average Bonchev–Trinajstić information content (AvgIpc) is 1.14. The number of carbonyl (C=O) groups is 4. The van der Waals surface area contributed by atoms with E-state index >= 15 is 0 Å². The van der Waals surface area contributed by atoms with Crippen LogP contribution in [0.4, 0.5) is 5.69 Å². The second kappa shape index (κ2) is 37.1. The van der Waals surface area contributed by atoms with Gasteiger partial charge in [-0.3, -0.25) is 37.9 Å². The predicted molar refractivity (Wildman–Crippen MR) is 320 cm³/mol. The van der Waals surface area contributed by atoms with Crippen molar-refractivity contribution in [1.82, 2.24) is 5.32 Å². The normalized spacial score (nSPS) is 13.1. The Hall–Kier alpha value is -5.52. The first kappa shape index (κ1) is 71.0. The molecule has 2 aromatic carbocycles. The van der Waals surface area contributed by atoms with Crippen LogP contribution < -0.4 is 16.4 Å². The van der Waals surface area contributed by atoms with Crippen molar-refractivity contribution in [1.29, 1.82) is 5.41 Å². The van der Waals surface area contributed by atoms with Crippen molar-refractivity contribution in [2.24, 2.45) is 0 Å². The van der Waals surface area contributed by atoms with E-state index in [-0.39, 0.29) is 34.9 Å². The van der Waals surface area contributed by atoms with E-state index < -0.39 is 128 Å². The predicted octanol–water partition coefficient (Wildman–Crippen LogP) is 13.3. The SMILES string of the molecule is CCCCCCCC/C=C\CCCCCCCC(=O)O[C@H](COC(=O)CCCCCCCCCCCCCCC)COP(=O)(O)OCCNC(=O)c1cccc(-c2c3ccc(=N)c(S(=O)(=O)O)c-3oc3c(S(=O)(=O)O)c(N)ccc23)c1C(=O)O. The number of phosphoric acid groups is 1. The van der Waals surface area contributed by atoms with E-state index in [0.717, 1.165) is 88.5 Å². The van der Waals surface area contributed by atoms with Crippen molar-refractivity contribution >= 4 is 68.5 Å². The Morgan fingerprint density at radius 2 is 1.19 bits per heavy atom. The lowest BCUT2D eigenvalue weighted by Gasteiger charge is -2.21. The molecule has 0 bridgehead atoms. The molecule has 0 spiro atoms. The molecule has 0 fully saturated rings. The number of hydrogen-bond acceptors (Lipinski definition) is 16. The standard InChI is InChI=1S/C60H88N3O18PS2/c1-3-5-7-9-11-13-15-17-18-20-22-24-26-28-30-35-52(65)80-44(42-77-51(64)34-29-27-25-23-21-19-16-14-12-10-8-6-4-2)43-79-82(69,70)78-41-40-63-59(66)48-33-31-32-45(54(48)60(67)68)53-46-36-38-49(61)57(83(71,72)73)55(46)81-56-47(53)37-39-50(62)58(56)84(74,75)76/h17-18,31-33,36-39,44,61H,3-16,19-30,34-35,40-43,62H2,1-2H3,(H,63,66)(H,67,68)(H,69,70)(H,71,72,73)(H,74,75,76)/b18-17-,61-49?/t44-/m1/s1. The minimum absolute atomic E-state index is 0.0568. The number of anilines is 1. The number of esters is 2. The van der Waals surface area contributed by atoms with Crippen molar-refractivity contribution in [2.45, 2.75) is 210 Å². The van der Waals surface area contributed by atoms with Gasteiger partial charge in [-0.15, -0.1) is 0 Å². The fraction of sp³-hybridized carbons (Fsp3) is 0.583. The maximum atomic E-state index is 13.8. The molecule has 1 aliphatic heterocycles. The molecule has 0 saturated heterocycles. The first-order valence-corrected chi connectivity index (χ1v) is 34.1. The van der Waals surface area contributed by atoms with Gasteiger partial charge in [0.05, 0.1) is 35.4 Å². The number of nitrogens with one attached hydrogen (secondary N) is 2. The highest BCUT2D eigenvalue weighted by Gasteiger charge is 2.33. The van der Waals surface area contributed by atoms with Gasteiger partial charge in [0.25, 0.3) is 26.1 Å². The zero-order valence-electron chi connectivity index (χ0n) is 48.7. The maximum Gasteiger partial charge on any atom is 0.472 e. The van der Waals surface area contributed by atoms with Crippen molar-refractivity contribution < 1.29 is 82.6 Å². The number of phosphoric ester groups is 1. The highest BCUT2D eigenvalue weighted by Crippen LogP contribution is 2.46. The van der Waals surface area contributed by atoms with Crippen LogP contribution in [0.25, 0.3) is 33.4 Å². The Bertz CT molecular complexity index is 3090. The second-order valence-electron chi connectivity index (χ2n) is 21.1. The van der Waals surface area contributed by atoms with Gasteiger partial charge in [-0.25, -0.2) is 9.36 Å². The fourth-order valence-corrected chi connectivity index (χ4v) is 12.1. The van der Waals surface area contributed by atoms with Gasteiger partial charge in [0.2, 0.25) is 0 Å². The van der Waals surface area contributed by atoms with E-state index in [2.05, 4.69) is 31.3 Å². The summed E-state index contributed by atoms with van der Waals surface area (Å²) in [5.74, 6) is -4.74. The minimum atomic E-state index is -5.30. The Morgan fingerprint density at radius 3 is 1.73 bits per heavy atom. The number of aromatic carboxylic acids is 1. The summed E-state index contributed by atoms with van der Waals surface area (Å²) in [5.41, 5.74) is 2.44. The number of amides is 1. The van der Waals surface area contributed by atoms with E-state index in [1.807, 2.05) is 0 Å². The number of nitrogen functional groups attached to an aromatic ring is 1. The molecule has 0 radical (unpaired) electrons.